The van der Waals surface area contributed by atoms with E-state index in [1.54, 1.807) is 18.7 Å². The predicted octanol–water partition coefficient (Wildman–Crippen LogP) is 5.43. The molecule has 0 aromatic heterocycles. The summed E-state index contributed by atoms with van der Waals surface area (Å²) in [4.78, 5) is 14.4. The third-order valence-electron chi connectivity index (χ3n) is 5.72. The van der Waals surface area contributed by atoms with Crippen molar-refractivity contribution in [2.75, 3.05) is 13.1 Å². The average molecular weight is 493 g/mol. The highest BCUT2D eigenvalue weighted by atomic mass is 35.5. The van der Waals surface area contributed by atoms with Crippen LogP contribution in [0.15, 0.2) is 48.5 Å². The van der Waals surface area contributed by atoms with E-state index in [0.29, 0.717) is 24.5 Å². The molecule has 0 spiro atoms. The molecule has 1 fully saturated rings. The van der Waals surface area contributed by atoms with Crippen LogP contribution < -0.4 is 4.72 Å². The van der Waals surface area contributed by atoms with Gasteiger partial charge >= 0.3 is 6.09 Å². The van der Waals surface area contributed by atoms with Crippen LogP contribution in [0.3, 0.4) is 0 Å². The first-order valence-electron chi connectivity index (χ1n) is 11.2. The fourth-order valence-corrected chi connectivity index (χ4v) is 5.10. The Morgan fingerprint density at radius 2 is 1.76 bits per heavy atom. The first kappa shape index (κ1) is 25.5. The standard InChI is InChI=1S/C25H33ClN2O4S/c1-17(2)33(30,31)27-23-14-15-28(24(29)32-25(3,4)5)16-21(23)19-12-10-18(11-13-19)20-8-6-7-9-22(20)26/h6-13,17,21,23,27H,14-16H2,1-5H3/t21-,23+/m0/s1. The summed E-state index contributed by atoms with van der Waals surface area (Å²) >= 11 is 6.34. The number of ether oxygens (including phenoxy) is 1. The maximum atomic E-state index is 12.7. The van der Waals surface area contributed by atoms with Crippen molar-refractivity contribution in [3.8, 4) is 11.1 Å². The Morgan fingerprint density at radius 3 is 2.33 bits per heavy atom. The lowest BCUT2D eigenvalue weighted by Gasteiger charge is -2.39. The van der Waals surface area contributed by atoms with E-state index in [-0.39, 0.29) is 18.1 Å². The number of likely N-dealkylation sites (tertiary alicyclic amines) is 1. The Hall–Kier alpha value is -2.09. The molecule has 3 rings (SSSR count). The number of rotatable bonds is 5. The normalized spacial score (nSPS) is 19.5. The summed E-state index contributed by atoms with van der Waals surface area (Å²) in [5, 5.41) is 0.131. The number of amides is 1. The van der Waals surface area contributed by atoms with Crippen molar-refractivity contribution in [2.45, 2.75) is 63.9 Å². The summed E-state index contributed by atoms with van der Waals surface area (Å²) < 4.78 is 33.7. The maximum absolute atomic E-state index is 12.7. The first-order chi connectivity index (χ1) is 15.4. The Balaban J connectivity index is 1.89. The third-order valence-corrected chi connectivity index (χ3v) is 7.93. The molecular formula is C25H33ClN2O4S. The van der Waals surface area contributed by atoms with E-state index in [4.69, 9.17) is 16.3 Å². The number of sulfonamides is 1. The number of nitrogens with zero attached hydrogens (tertiary/aromatic N) is 1. The summed E-state index contributed by atoms with van der Waals surface area (Å²) in [5.41, 5.74) is 2.26. The van der Waals surface area contributed by atoms with Crippen molar-refractivity contribution < 1.29 is 17.9 Å². The largest absolute Gasteiger partial charge is 0.444 e. The molecule has 2 aromatic rings. The number of carbonyl (C=O) groups excluding carboxylic acids is 1. The molecule has 1 saturated heterocycles. The summed E-state index contributed by atoms with van der Waals surface area (Å²) in [6.07, 6.45) is 0.118. The Bertz CT molecular complexity index is 1080. The molecule has 0 aliphatic carbocycles. The minimum Gasteiger partial charge on any atom is -0.444 e. The van der Waals surface area contributed by atoms with Crippen LogP contribution in [-0.2, 0) is 14.8 Å². The van der Waals surface area contributed by atoms with Crippen LogP contribution in [0.25, 0.3) is 11.1 Å². The van der Waals surface area contributed by atoms with Crippen molar-refractivity contribution in [3.63, 3.8) is 0 Å². The number of carbonyl (C=O) groups is 1. The van der Waals surface area contributed by atoms with Gasteiger partial charge in [0.2, 0.25) is 10.0 Å². The van der Waals surface area contributed by atoms with Gasteiger partial charge in [-0.25, -0.2) is 17.9 Å². The molecule has 33 heavy (non-hydrogen) atoms. The number of benzene rings is 2. The van der Waals surface area contributed by atoms with E-state index < -0.39 is 20.9 Å². The predicted molar refractivity (Wildman–Crippen MR) is 133 cm³/mol. The lowest BCUT2D eigenvalue weighted by Crippen LogP contribution is -2.53. The van der Waals surface area contributed by atoms with Gasteiger partial charge in [0.05, 0.1) is 5.25 Å². The van der Waals surface area contributed by atoms with Gasteiger partial charge in [-0.1, -0.05) is 54.1 Å². The van der Waals surface area contributed by atoms with Gasteiger partial charge in [0, 0.05) is 35.6 Å². The zero-order valence-corrected chi connectivity index (χ0v) is 21.4. The van der Waals surface area contributed by atoms with Gasteiger partial charge in [-0.05, 0) is 58.2 Å². The van der Waals surface area contributed by atoms with E-state index in [1.807, 2.05) is 69.3 Å². The summed E-state index contributed by atoms with van der Waals surface area (Å²) in [5.74, 6) is -0.208. The monoisotopic (exact) mass is 492 g/mol. The van der Waals surface area contributed by atoms with E-state index in [1.165, 1.54) is 0 Å². The molecule has 2 aromatic carbocycles. The molecule has 2 atom stereocenters. The van der Waals surface area contributed by atoms with Crippen LogP contribution in [0.4, 0.5) is 4.79 Å². The van der Waals surface area contributed by atoms with E-state index in [9.17, 15) is 13.2 Å². The SMILES string of the molecule is CC(C)S(=O)(=O)N[C@@H]1CCN(C(=O)OC(C)(C)C)C[C@H]1c1ccc(-c2ccccc2Cl)cc1. The average Bonchev–Trinajstić information content (AvgIpc) is 2.73. The van der Waals surface area contributed by atoms with Crippen molar-refractivity contribution in [1.82, 2.24) is 9.62 Å². The van der Waals surface area contributed by atoms with E-state index in [0.717, 1.165) is 16.7 Å². The Morgan fingerprint density at radius 1 is 1.12 bits per heavy atom. The van der Waals surface area contributed by atoms with Crippen LogP contribution in [0.1, 0.15) is 52.5 Å². The highest BCUT2D eigenvalue weighted by Gasteiger charge is 2.36. The molecule has 180 valence electrons. The summed E-state index contributed by atoms with van der Waals surface area (Å²) in [7, 11) is -3.46. The number of halogens is 1. The highest BCUT2D eigenvalue weighted by molar-refractivity contribution is 7.90. The lowest BCUT2D eigenvalue weighted by atomic mass is 9.86. The molecule has 0 bridgehead atoms. The third kappa shape index (κ3) is 6.49. The van der Waals surface area contributed by atoms with Gasteiger partial charge in [-0.2, -0.15) is 0 Å². The molecule has 1 heterocycles. The van der Waals surface area contributed by atoms with Gasteiger partial charge < -0.3 is 9.64 Å². The highest BCUT2D eigenvalue weighted by Crippen LogP contribution is 2.33. The zero-order chi connectivity index (χ0) is 24.4. The topological polar surface area (TPSA) is 75.7 Å². The van der Waals surface area contributed by atoms with Gasteiger partial charge in [0.1, 0.15) is 5.60 Å². The zero-order valence-electron chi connectivity index (χ0n) is 19.8. The number of piperidine rings is 1. The maximum Gasteiger partial charge on any atom is 0.410 e. The molecule has 6 nitrogen and oxygen atoms in total. The number of hydrogen-bond donors (Lipinski definition) is 1. The Kier molecular flexibility index (Phi) is 7.76. The molecule has 0 saturated carbocycles. The fraction of sp³-hybridized carbons (Fsp3) is 0.480. The van der Waals surface area contributed by atoms with Crippen LogP contribution in [0.2, 0.25) is 5.02 Å². The smallest absolute Gasteiger partial charge is 0.410 e. The van der Waals surface area contributed by atoms with Gasteiger partial charge in [0.25, 0.3) is 0 Å². The number of hydrogen-bond acceptors (Lipinski definition) is 4. The van der Waals surface area contributed by atoms with Crippen molar-refractivity contribution in [2.24, 2.45) is 0 Å². The molecule has 1 aliphatic rings. The van der Waals surface area contributed by atoms with Crippen LogP contribution in [0, 0.1) is 0 Å². The second kappa shape index (κ2) is 10.0. The molecular weight excluding hydrogens is 460 g/mol. The van der Waals surface area contributed by atoms with E-state index >= 15 is 0 Å². The molecule has 1 amide bonds. The minimum absolute atomic E-state index is 0.208. The summed E-state index contributed by atoms with van der Waals surface area (Å²) in [6, 6.07) is 15.3. The minimum atomic E-state index is -3.46. The second-order valence-corrected chi connectivity index (χ2v) is 12.4. The molecule has 1 aliphatic heterocycles. The molecule has 1 N–H and O–H groups in total. The van der Waals surface area contributed by atoms with Crippen LogP contribution >= 0.6 is 11.6 Å². The van der Waals surface area contributed by atoms with Crippen LogP contribution in [0.5, 0.6) is 0 Å². The van der Waals surface area contributed by atoms with Crippen molar-refractivity contribution >= 4 is 27.7 Å². The first-order valence-corrected chi connectivity index (χ1v) is 13.1. The quantitative estimate of drug-likeness (QED) is 0.604. The van der Waals surface area contributed by atoms with Gasteiger partial charge in [-0.3, -0.25) is 0 Å². The van der Waals surface area contributed by atoms with Crippen LogP contribution in [-0.4, -0.2) is 49.4 Å². The second-order valence-electron chi connectivity index (χ2n) is 9.74. The summed E-state index contributed by atoms with van der Waals surface area (Å²) in [6.45, 7) is 9.61. The molecule has 0 unspecified atom stereocenters. The molecule has 0 radical (unpaired) electrons. The number of nitrogens with one attached hydrogen (secondary N) is 1. The van der Waals surface area contributed by atoms with Gasteiger partial charge in [-0.15, -0.1) is 0 Å². The fourth-order valence-electron chi connectivity index (χ4n) is 3.88. The lowest BCUT2D eigenvalue weighted by molar-refractivity contribution is 0.0182. The van der Waals surface area contributed by atoms with Gasteiger partial charge in [0.15, 0.2) is 0 Å². The van der Waals surface area contributed by atoms with Crippen molar-refractivity contribution in [3.05, 3.63) is 59.1 Å². The molecule has 8 heteroatoms. The van der Waals surface area contributed by atoms with Crippen molar-refractivity contribution in [1.29, 1.82) is 0 Å². The van der Waals surface area contributed by atoms with E-state index in [2.05, 4.69) is 4.72 Å². The Labute approximate surface area is 202 Å².